The van der Waals surface area contributed by atoms with Gasteiger partial charge in [0.15, 0.2) is 0 Å². The Balaban J connectivity index is 3.24. The first kappa shape index (κ1) is 6.78. The minimum absolute atomic E-state index is 0.549. The van der Waals surface area contributed by atoms with E-state index in [4.69, 9.17) is 0 Å². The van der Waals surface area contributed by atoms with Crippen LogP contribution in [-0.4, -0.2) is 9.52 Å². The fourth-order valence-corrected chi connectivity index (χ4v) is 0.650. The van der Waals surface area contributed by atoms with Crippen LogP contribution >= 0.6 is 0 Å². The Morgan fingerprint density at radius 1 is 1.43 bits per heavy atom. The van der Waals surface area contributed by atoms with Crippen LogP contribution in [0.15, 0.2) is 0 Å². The van der Waals surface area contributed by atoms with Gasteiger partial charge >= 0.3 is 0 Å². The highest BCUT2D eigenvalue weighted by Crippen LogP contribution is 1.83. The molecule has 0 saturated heterocycles. The van der Waals surface area contributed by atoms with Gasteiger partial charge in [0.05, 0.1) is 0 Å². The molecule has 0 N–H and O–H groups in total. The van der Waals surface area contributed by atoms with Crippen molar-refractivity contribution in [3.8, 4) is 11.5 Å². The number of hydrogen-bond donors (Lipinski definition) is 0. The van der Waals surface area contributed by atoms with Gasteiger partial charge in [-0.05, 0) is 0 Å². The maximum absolute atomic E-state index is 3.06. The maximum Gasteiger partial charge on any atom is 0.144 e. The average Bonchev–Trinajstić information content (AvgIpc) is 1.61. The Morgan fingerprint density at radius 2 is 2.00 bits per heavy atom. The summed E-state index contributed by atoms with van der Waals surface area (Å²) in [5, 5.41) is 0. The monoisotopic (exact) mass is 110 g/mol. The van der Waals surface area contributed by atoms with Crippen molar-refractivity contribution < 1.29 is 0 Å². The summed E-state index contributed by atoms with van der Waals surface area (Å²) in [4.78, 5) is 0. The van der Waals surface area contributed by atoms with Gasteiger partial charge in [-0.15, -0.1) is 11.5 Å². The smallest absolute Gasteiger partial charge is 0.136 e. The fourth-order valence-electron chi connectivity index (χ4n) is 0.217. The van der Waals surface area contributed by atoms with E-state index in [-0.39, 0.29) is 0 Å². The van der Waals surface area contributed by atoms with Crippen LogP contribution in [0.2, 0.25) is 6.55 Å². The van der Waals surface area contributed by atoms with E-state index < -0.39 is 0 Å². The summed E-state index contributed by atoms with van der Waals surface area (Å²) in [6.45, 7) is 6.30. The van der Waals surface area contributed by atoms with Gasteiger partial charge in [-0.1, -0.05) is 20.4 Å². The molecule has 0 aromatic carbocycles. The van der Waals surface area contributed by atoms with Gasteiger partial charge in [-0.25, -0.2) is 0 Å². The van der Waals surface area contributed by atoms with E-state index in [1.807, 2.05) is 0 Å². The molecule has 0 bridgehead atoms. The van der Waals surface area contributed by atoms with E-state index in [2.05, 4.69) is 31.9 Å². The molecule has 0 rings (SSSR count). The van der Waals surface area contributed by atoms with Crippen molar-refractivity contribution in [3.63, 3.8) is 0 Å². The Morgan fingerprint density at radius 3 is 2.14 bits per heavy atom. The van der Waals surface area contributed by atoms with Gasteiger partial charge < -0.3 is 0 Å². The Kier molecular flexibility index (Phi) is 3.82. The van der Waals surface area contributed by atoms with Crippen LogP contribution in [-0.2, 0) is 0 Å². The lowest BCUT2D eigenvalue weighted by Crippen LogP contribution is -1.79. The van der Waals surface area contributed by atoms with Gasteiger partial charge in [-0.3, -0.25) is 0 Å². The third kappa shape index (κ3) is 5.78. The molecule has 0 aliphatic rings. The zero-order valence-electron chi connectivity index (χ0n) is 5.08. The van der Waals surface area contributed by atoms with Crippen molar-refractivity contribution >= 4 is 9.52 Å². The van der Waals surface area contributed by atoms with E-state index in [0.29, 0.717) is 5.92 Å². The largest absolute Gasteiger partial charge is 0.144 e. The van der Waals surface area contributed by atoms with Gasteiger partial charge in [0, 0.05) is 5.92 Å². The molecular formula is C6H10Si. The Hall–Kier alpha value is -0.223. The van der Waals surface area contributed by atoms with Crippen LogP contribution in [0.1, 0.15) is 13.8 Å². The molecule has 38 valence electrons. The molecule has 0 atom stereocenters. The summed E-state index contributed by atoms with van der Waals surface area (Å²) in [5.74, 6) is 3.61. The van der Waals surface area contributed by atoms with Crippen molar-refractivity contribution in [2.75, 3.05) is 0 Å². The molecule has 0 unspecified atom stereocenters. The molecule has 0 amide bonds. The van der Waals surface area contributed by atoms with E-state index in [1.54, 1.807) is 0 Å². The number of rotatable bonds is 0. The highest BCUT2D eigenvalue weighted by Gasteiger charge is 1.77. The topological polar surface area (TPSA) is 0 Å². The number of hydrogen-bond acceptors (Lipinski definition) is 0. The van der Waals surface area contributed by atoms with Crippen molar-refractivity contribution in [1.82, 2.24) is 0 Å². The zero-order valence-corrected chi connectivity index (χ0v) is 6.08. The molecular weight excluding hydrogens is 100 g/mol. The van der Waals surface area contributed by atoms with Crippen LogP contribution < -0.4 is 0 Å². The molecule has 0 aliphatic heterocycles. The normalized spacial score (nSPS) is 8.00. The zero-order chi connectivity index (χ0) is 5.70. The van der Waals surface area contributed by atoms with Crippen LogP contribution in [0.4, 0.5) is 0 Å². The van der Waals surface area contributed by atoms with E-state index in [9.17, 15) is 0 Å². The lowest BCUT2D eigenvalue weighted by atomic mass is 10.2. The molecule has 7 heavy (non-hydrogen) atoms. The summed E-state index contributed by atoms with van der Waals surface area (Å²) < 4.78 is 0. The third-order valence-electron chi connectivity index (χ3n) is 0.486. The molecule has 0 saturated carbocycles. The lowest BCUT2D eigenvalue weighted by Gasteiger charge is -1.83. The summed E-state index contributed by atoms with van der Waals surface area (Å²) in [7, 11) is 0.789. The molecule has 0 aromatic heterocycles. The summed E-state index contributed by atoms with van der Waals surface area (Å²) >= 11 is 0. The summed E-state index contributed by atoms with van der Waals surface area (Å²) in [6, 6.07) is 0. The second kappa shape index (κ2) is 3.95. The molecule has 0 spiro atoms. The van der Waals surface area contributed by atoms with Crippen molar-refractivity contribution in [2.24, 2.45) is 5.92 Å². The first-order chi connectivity index (χ1) is 3.27. The van der Waals surface area contributed by atoms with E-state index in [1.165, 1.54) is 0 Å². The lowest BCUT2D eigenvalue weighted by molar-refractivity contribution is 0.867. The van der Waals surface area contributed by atoms with Crippen molar-refractivity contribution in [3.05, 3.63) is 0 Å². The highest BCUT2D eigenvalue weighted by molar-refractivity contribution is 6.44. The fraction of sp³-hybridized carbons (Fsp3) is 0.667. The van der Waals surface area contributed by atoms with Crippen LogP contribution in [0, 0.1) is 17.4 Å². The molecule has 0 aliphatic carbocycles. The first-order valence-electron chi connectivity index (χ1n) is 2.44. The van der Waals surface area contributed by atoms with Crippen LogP contribution in [0.3, 0.4) is 0 Å². The van der Waals surface area contributed by atoms with E-state index in [0.717, 1.165) is 9.52 Å². The van der Waals surface area contributed by atoms with Crippen molar-refractivity contribution in [1.29, 1.82) is 0 Å². The Labute approximate surface area is 48.1 Å². The van der Waals surface area contributed by atoms with Crippen LogP contribution in [0.5, 0.6) is 0 Å². The molecule has 1 heteroatoms. The second-order valence-electron chi connectivity index (χ2n) is 1.67. The quantitative estimate of drug-likeness (QED) is 0.326. The second-order valence-corrected chi connectivity index (χ2v) is 2.42. The van der Waals surface area contributed by atoms with Gasteiger partial charge in [0.25, 0.3) is 0 Å². The minimum atomic E-state index is 0.549. The Bertz CT molecular complexity index is 84.1. The SMILES string of the molecule is C[Si]C#CC(C)C. The summed E-state index contributed by atoms with van der Waals surface area (Å²) in [6.07, 6.45) is 0. The molecule has 0 nitrogen and oxygen atoms in total. The minimum Gasteiger partial charge on any atom is -0.136 e. The predicted molar refractivity (Wildman–Crippen MR) is 34.2 cm³/mol. The molecule has 0 heterocycles. The predicted octanol–water partition coefficient (Wildman–Crippen LogP) is 1.36. The third-order valence-corrected chi connectivity index (χ3v) is 0.880. The first-order valence-corrected chi connectivity index (χ1v) is 3.94. The van der Waals surface area contributed by atoms with Gasteiger partial charge in [0.1, 0.15) is 9.52 Å². The highest BCUT2D eigenvalue weighted by atomic mass is 28.2. The van der Waals surface area contributed by atoms with E-state index >= 15 is 0 Å². The standard InChI is InChI=1S/C6H10Si/c1-6(2)4-5-7-3/h6H,1-3H3. The van der Waals surface area contributed by atoms with Crippen molar-refractivity contribution in [2.45, 2.75) is 20.4 Å². The van der Waals surface area contributed by atoms with Gasteiger partial charge in [-0.2, -0.15) is 0 Å². The van der Waals surface area contributed by atoms with Gasteiger partial charge in [0.2, 0.25) is 0 Å². The molecule has 0 aromatic rings. The van der Waals surface area contributed by atoms with Crippen LogP contribution in [0.25, 0.3) is 0 Å². The average molecular weight is 110 g/mol. The maximum atomic E-state index is 3.06. The molecule has 2 radical (unpaired) electrons. The molecule has 0 fully saturated rings. The summed E-state index contributed by atoms with van der Waals surface area (Å²) in [5.41, 5.74) is 3.03.